The Balaban J connectivity index is 2.22. The number of hydrogen-bond acceptors (Lipinski definition) is 3. The number of aromatic carboxylic acids is 1. The predicted molar refractivity (Wildman–Crippen MR) is 80.3 cm³/mol. The maximum atomic E-state index is 11.5. The van der Waals surface area contributed by atoms with E-state index in [2.05, 4.69) is 10.00 Å². The molecule has 0 atom stereocenters. The molecule has 0 saturated carbocycles. The van der Waals surface area contributed by atoms with Gasteiger partial charge >= 0.3 is 5.97 Å². The van der Waals surface area contributed by atoms with Crippen LogP contribution in [0, 0.1) is 6.92 Å². The fraction of sp³-hybridized carbons (Fsp3) is 0.333. The lowest BCUT2D eigenvalue weighted by atomic mass is 10.1. The van der Waals surface area contributed by atoms with Crippen molar-refractivity contribution < 1.29 is 9.90 Å². The molecule has 1 N–H and O–H groups in total. The van der Waals surface area contributed by atoms with Gasteiger partial charge in [-0.3, -0.25) is 0 Å². The molecule has 0 unspecified atom stereocenters. The molecule has 1 aliphatic heterocycles. The van der Waals surface area contributed by atoms with E-state index in [1.54, 1.807) is 4.68 Å². The number of carboxylic acid groups (broad SMARTS) is 1. The lowest BCUT2D eigenvalue weighted by Gasteiger charge is -2.23. The Labute approximate surface area is 127 Å². The van der Waals surface area contributed by atoms with Gasteiger partial charge in [0.1, 0.15) is 0 Å². The van der Waals surface area contributed by atoms with Crippen LogP contribution in [0.15, 0.2) is 18.2 Å². The van der Waals surface area contributed by atoms with E-state index in [-0.39, 0.29) is 5.69 Å². The highest BCUT2D eigenvalue weighted by Gasteiger charge is 2.27. The largest absolute Gasteiger partial charge is 0.476 e. The van der Waals surface area contributed by atoms with Gasteiger partial charge in [0, 0.05) is 30.1 Å². The molecule has 2 aromatic rings. The number of hydrogen-bond donors (Lipinski definition) is 1. The van der Waals surface area contributed by atoms with Crippen molar-refractivity contribution in [2.45, 2.75) is 19.9 Å². The summed E-state index contributed by atoms with van der Waals surface area (Å²) in [5.74, 6) is -0.986. The molecule has 3 rings (SSSR count). The minimum Gasteiger partial charge on any atom is -0.476 e. The lowest BCUT2D eigenvalue weighted by Crippen LogP contribution is -2.28. The maximum absolute atomic E-state index is 11.5. The highest BCUT2D eigenvalue weighted by Crippen LogP contribution is 2.28. The van der Waals surface area contributed by atoms with Gasteiger partial charge in [-0.05, 0) is 31.7 Å². The average molecular weight is 306 g/mol. The van der Waals surface area contributed by atoms with Crippen molar-refractivity contribution in [3.63, 3.8) is 0 Å². The summed E-state index contributed by atoms with van der Waals surface area (Å²) in [4.78, 5) is 13.6. The zero-order valence-corrected chi connectivity index (χ0v) is 12.7. The molecule has 6 heteroatoms. The summed E-state index contributed by atoms with van der Waals surface area (Å²) in [5, 5.41) is 14.4. The van der Waals surface area contributed by atoms with Gasteiger partial charge in [0.15, 0.2) is 5.69 Å². The van der Waals surface area contributed by atoms with Gasteiger partial charge in [-0.2, -0.15) is 5.10 Å². The molecule has 2 heterocycles. The van der Waals surface area contributed by atoms with Gasteiger partial charge in [-0.25, -0.2) is 9.48 Å². The highest BCUT2D eigenvalue weighted by atomic mass is 35.5. The van der Waals surface area contributed by atoms with Crippen LogP contribution in [0.2, 0.25) is 5.02 Å². The molecule has 0 radical (unpaired) electrons. The van der Waals surface area contributed by atoms with Crippen molar-refractivity contribution >= 4 is 17.6 Å². The zero-order chi connectivity index (χ0) is 15.1. The number of nitrogens with zero attached hydrogens (tertiary/aromatic N) is 3. The molecule has 1 aromatic carbocycles. The Bertz CT molecular complexity index is 724. The van der Waals surface area contributed by atoms with E-state index in [0.717, 1.165) is 35.5 Å². The van der Waals surface area contributed by atoms with Crippen molar-refractivity contribution in [3.8, 4) is 5.69 Å². The van der Waals surface area contributed by atoms with Gasteiger partial charge in [0.05, 0.1) is 11.4 Å². The molecule has 0 fully saturated rings. The second-order valence-corrected chi connectivity index (χ2v) is 5.77. The molecule has 0 bridgehead atoms. The van der Waals surface area contributed by atoms with Gasteiger partial charge in [0.2, 0.25) is 0 Å². The average Bonchev–Trinajstić information content (AvgIpc) is 2.80. The van der Waals surface area contributed by atoms with Crippen molar-refractivity contribution in [2.75, 3.05) is 13.6 Å². The van der Waals surface area contributed by atoms with Crippen LogP contribution in [0.25, 0.3) is 5.69 Å². The van der Waals surface area contributed by atoms with Crippen LogP contribution in [0.3, 0.4) is 0 Å². The van der Waals surface area contributed by atoms with Gasteiger partial charge in [-0.15, -0.1) is 0 Å². The van der Waals surface area contributed by atoms with E-state index in [1.807, 2.05) is 32.2 Å². The quantitative estimate of drug-likeness (QED) is 0.926. The fourth-order valence-corrected chi connectivity index (χ4v) is 2.92. The van der Waals surface area contributed by atoms with Crippen molar-refractivity contribution in [1.29, 1.82) is 0 Å². The predicted octanol–water partition coefficient (Wildman–Crippen LogP) is 2.52. The number of halogens is 1. The number of fused-ring (bicyclic) bond motifs is 1. The Morgan fingerprint density at radius 1 is 1.43 bits per heavy atom. The van der Waals surface area contributed by atoms with Crippen LogP contribution in [0.5, 0.6) is 0 Å². The Morgan fingerprint density at radius 3 is 2.90 bits per heavy atom. The molecule has 110 valence electrons. The third-order valence-corrected chi connectivity index (χ3v) is 4.33. The third kappa shape index (κ3) is 2.32. The van der Waals surface area contributed by atoms with E-state index < -0.39 is 5.97 Å². The molecule has 1 aromatic heterocycles. The smallest absolute Gasteiger partial charge is 0.356 e. The SMILES string of the molecule is Cc1c(Cl)cccc1-n1nc(C(=O)O)c2c1CCN(C)C2. The summed E-state index contributed by atoms with van der Waals surface area (Å²) in [7, 11) is 1.98. The number of aromatic nitrogens is 2. The molecular formula is C15H16ClN3O2. The number of likely N-dealkylation sites (N-methyl/N-ethyl adjacent to an activating group) is 1. The highest BCUT2D eigenvalue weighted by molar-refractivity contribution is 6.31. The molecular weight excluding hydrogens is 290 g/mol. The van der Waals surface area contributed by atoms with Gasteiger partial charge < -0.3 is 10.0 Å². The molecule has 0 spiro atoms. The van der Waals surface area contributed by atoms with Crippen LogP contribution in [0.1, 0.15) is 27.3 Å². The minimum atomic E-state index is -0.986. The number of benzene rings is 1. The number of carboxylic acids is 1. The summed E-state index contributed by atoms with van der Waals surface area (Å²) >= 11 is 6.17. The Hall–Kier alpha value is -1.85. The van der Waals surface area contributed by atoms with Gasteiger partial charge in [0.25, 0.3) is 0 Å². The first-order valence-electron chi connectivity index (χ1n) is 6.77. The summed E-state index contributed by atoms with van der Waals surface area (Å²) in [6.45, 7) is 3.41. The zero-order valence-electron chi connectivity index (χ0n) is 11.9. The Kier molecular flexibility index (Phi) is 3.47. The second kappa shape index (κ2) is 5.16. The molecule has 5 nitrogen and oxygen atoms in total. The molecule has 0 amide bonds. The van der Waals surface area contributed by atoms with E-state index in [1.165, 1.54) is 0 Å². The maximum Gasteiger partial charge on any atom is 0.356 e. The van der Waals surface area contributed by atoms with Crippen LogP contribution >= 0.6 is 11.6 Å². The fourth-order valence-electron chi connectivity index (χ4n) is 2.75. The van der Waals surface area contributed by atoms with Crippen LogP contribution in [-0.2, 0) is 13.0 Å². The molecule has 0 saturated heterocycles. The standard InChI is InChI=1S/C15H16ClN3O2/c1-9-11(16)4-3-5-12(9)19-13-6-7-18(2)8-10(13)14(17-19)15(20)21/h3-5H,6-8H2,1-2H3,(H,20,21). The van der Waals surface area contributed by atoms with E-state index in [0.29, 0.717) is 11.6 Å². The summed E-state index contributed by atoms with van der Waals surface area (Å²) in [6.07, 6.45) is 0.776. The van der Waals surface area contributed by atoms with E-state index >= 15 is 0 Å². The topological polar surface area (TPSA) is 58.4 Å². The Morgan fingerprint density at radius 2 is 2.19 bits per heavy atom. The third-order valence-electron chi connectivity index (χ3n) is 3.92. The first kappa shape index (κ1) is 14.1. The minimum absolute atomic E-state index is 0.135. The summed E-state index contributed by atoms with van der Waals surface area (Å²) < 4.78 is 1.74. The molecule has 0 aliphatic carbocycles. The van der Waals surface area contributed by atoms with E-state index in [9.17, 15) is 9.90 Å². The molecule has 21 heavy (non-hydrogen) atoms. The normalized spacial score (nSPS) is 15.0. The van der Waals surface area contributed by atoms with Crippen LogP contribution < -0.4 is 0 Å². The van der Waals surface area contributed by atoms with Crippen LogP contribution in [-0.4, -0.2) is 39.3 Å². The summed E-state index contributed by atoms with van der Waals surface area (Å²) in [5.41, 5.74) is 3.65. The van der Waals surface area contributed by atoms with Crippen molar-refractivity contribution in [1.82, 2.24) is 14.7 Å². The summed E-state index contributed by atoms with van der Waals surface area (Å²) in [6, 6.07) is 5.59. The number of carbonyl (C=O) groups is 1. The first-order valence-corrected chi connectivity index (χ1v) is 7.15. The van der Waals surface area contributed by atoms with Crippen LogP contribution in [0.4, 0.5) is 0 Å². The monoisotopic (exact) mass is 305 g/mol. The van der Waals surface area contributed by atoms with E-state index in [4.69, 9.17) is 11.6 Å². The first-order chi connectivity index (χ1) is 9.99. The lowest BCUT2D eigenvalue weighted by molar-refractivity contribution is 0.0687. The molecule has 1 aliphatic rings. The van der Waals surface area contributed by atoms with Gasteiger partial charge in [-0.1, -0.05) is 17.7 Å². The van der Waals surface area contributed by atoms with Crippen molar-refractivity contribution in [2.24, 2.45) is 0 Å². The number of rotatable bonds is 2. The van der Waals surface area contributed by atoms with Crippen molar-refractivity contribution in [3.05, 3.63) is 45.7 Å². The second-order valence-electron chi connectivity index (χ2n) is 5.36.